The first kappa shape index (κ1) is 25.5. The van der Waals surface area contributed by atoms with Crippen LogP contribution < -0.4 is 15.8 Å². The normalized spacial score (nSPS) is 14.6. The summed E-state index contributed by atoms with van der Waals surface area (Å²) in [4.78, 5) is 47.2. The molecule has 40 heavy (non-hydrogen) atoms. The number of carbonyl (C=O) groups is 2. The molecule has 0 aliphatic carbocycles. The highest BCUT2D eigenvalue weighted by atomic mass is 16.5. The zero-order valence-corrected chi connectivity index (χ0v) is 22.2. The molecule has 3 heterocycles. The largest absolute Gasteiger partial charge is 0.378 e. The number of rotatable bonds is 5. The SMILES string of the molecule is Cn1cc(-c2cccc3c2CCN3C(=O)c2ccccc2)nc(Nc2ccc(C(=O)N3CCOCC3)cc2)c1=O. The summed E-state index contributed by atoms with van der Waals surface area (Å²) in [5, 5.41) is 3.13. The van der Waals surface area contributed by atoms with Crippen LogP contribution >= 0.6 is 0 Å². The molecule has 9 heteroatoms. The highest BCUT2D eigenvalue weighted by molar-refractivity contribution is 6.07. The van der Waals surface area contributed by atoms with E-state index >= 15 is 0 Å². The summed E-state index contributed by atoms with van der Waals surface area (Å²) in [6.07, 6.45) is 2.41. The summed E-state index contributed by atoms with van der Waals surface area (Å²) >= 11 is 0. The summed E-state index contributed by atoms with van der Waals surface area (Å²) in [6, 6.07) is 22.1. The molecule has 202 valence electrons. The van der Waals surface area contributed by atoms with Gasteiger partial charge in [-0.25, -0.2) is 4.98 Å². The van der Waals surface area contributed by atoms with E-state index in [1.807, 2.05) is 48.5 Å². The van der Waals surface area contributed by atoms with Crippen LogP contribution in [0.15, 0.2) is 83.8 Å². The second kappa shape index (κ2) is 10.8. The number of fused-ring (bicyclic) bond motifs is 1. The fourth-order valence-electron chi connectivity index (χ4n) is 5.22. The first-order valence-corrected chi connectivity index (χ1v) is 13.3. The van der Waals surface area contributed by atoms with Gasteiger partial charge in [-0.05, 0) is 54.4 Å². The Labute approximate surface area is 231 Å². The lowest BCUT2D eigenvalue weighted by atomic mass is 10.0. The second-order valence-electron chi connectivity index (χ2n) is 9.87. The number of amides is 2. The summed E-state index contributed by atoms with van der Waals surface area (Å²) < 4.78 is 6.83. The Morgan fingerprint density at radius 3 is 2.33 bits per heavy atom. The van der Waals surface area contributed by atoms with Crippen LogP contribution in [0.3, 0.4) is 0 Å². The van der Waals surface area contributed by atoms with Crippen LogP contribution in [0.25, 0.3) is 11.3 Å². The Bertz CT molecular complexity index is 1630. The third-order valence-corrected chi connectivity index (χ3v) is 7.33. The maximum absolute atomic E-state index is 13.2. The van der Waals surface area contributed by atoms with Gasteiger partial charge in [0.15, 0.2) is 5.82 Å². The van der Waals surface area contributed by atoms with Crippen molar-refractivity contribution in [2.24, 2.45) is 7.05 Å². The topological polar surface area (TPSA) is 96.8 Å². The van der Waals surface area contributed by atoms with Crippen molar-refractivity contribution in [1.82, 2.24) is 14.5 Å². The smallest absolute Gasteiger partial charge is 0.293 e. The summed E-state index contributed by atoms with van der Waals surface area (Å²) in [5.74, 6) is 0.103. The van der Waals surface area contributed by atoms with Gasteiger partial charge in [-0.3, -0.25) is 14.4 Å². The number of nitrogens with zero attached hydrogens (tertiary/aromatic N) is 4. The maximum Gasteiger partial charge on any atom is 0.293 e. The van der Waals surface area contributed by atoms with E-state index in [2.05, 4.69) is 5.32 Å². The molecule has 0 bridgehead atoms. The number of anilines is 3. The van der Waals surface area contributed by atoms with Crippen molar-refractivity contribution < 1.29 is 14.3 Å². The van der Waals surface area contributed by atoms with E-state index in [4.69, 9.17) is 9.72 Å². The number of aryl methyl sites for hydroxylation is 1. The van der Waals surface area contributed by atoms with Crippen molar-refractivity contribution in [3.63, 3.8) is 0 Å². The van der Waals surface area contributed by atoms with Gasteiger partial charge in [0.05, 0.1) is 18.9 Å². The molecular formula is C31H29N5O4. The van der Waals surface area contributed by atoms with E-state index in [9.17, 15) is 14.4 Å². The van der Waals surface area contributed by atoms with E-state index < -0.39 is 0 Å². The first-order valence-electron chi connectivity index (χ1n) is 13.3. The molecule has 2 aliphatic heterocycles. The zero-order valence-electron chi connectivity index (χ0n) is 22.2. The average molecular weight is 536 g/mol. The Morgan fingerprint density at radius 1 is 0.850 bits per heavy atom. The maximum atomic E-state index is 13.2. The lowest BCUT2D eigenvalue weighted by Crippen LogP contribution is -2.40. The number of morpholine rings is 1. The molecule has 2 aliphatic rings. The van der Waals surface area contributed by atoms with Gasteiger partial charge >= 0.3 is 0 Å². The van der Waals surface area contributed by atoms with E-state index in [1.165, 1.54) is 4.57 Å². The van der Waals surface area contributed by atoms with Crippen molar-refractivity contribution in [2.45, 2.75) is 6.42 Å². The molecule has 0 saturated carbocycles. The molecule has 0 radical (unpaired) electrons. The first-order chi connectivity index (χ1) is 19.5. The van der Waals surface area contributed by atoms with Gasteiger partial charge in [0, 0.05) is 60.9 Å². The predicted octanol–water partition coefficient (Wildman–Crippen LogP) is 3.87. The molecule has 1 aromatic heterocycles. The van der Waals surface area contributed by atoms with E-state index in [0.29, 0.717) is 61.8 Å². The van der Waals surface area contributed by atoms with Crippen molar-refractivity contribution in [1.29, 1.82) is 0 Å². The highest BCUT2D eigenvalue weighted by Crippen LogP contribution is 2.36. The zero-order chi connectivity index (χ0) is 27.6. The molecule has 9 nitrogen and oxygen atoms in total. The van der Waals surface area contributed by atoms with Crippen LogP contribution in [0.5, 0.6) is 0 Å². The van der Waals surface area contributed by atoms with Crippen LogP contribution in [0.1, 0.15) is 26.3 Å². The van der Waals surface area contributed by atoms with Crippen molar-refractivity contribution in [3.8, 4) is 11.3 Å². The summed E-state index contributed by atoms with van der Waals surface area (Å²) in [5.41, 5.74) is 5.00. The van der Waals surface area contributed by atoms with Crippen molar-refractivity contribution >= 4 is 29.0 Å². The monoisotopic (exact) mass is 535 g/mol. The highest BCUT2D eigenvalue weighted by Gasteiger charge is 2.28. The number of nitrogens with one attached hydrogen (secondary N) is 1. The van der Waals surface area contributed by atoms with E-state index in [0.717, 1.165) is 16.8 Å². The van der Waals surface area contributed by atoms with Crippen molar-refractivity contribution in [3.05, 3.63) is 106 Å². The van der Waals surface area contributed by atoms with Crippen LogP contribution in [0.2, 0.25) is 0 Å². The second-order valence-corrected chi connectivity index (χ2v) is 9.87. The van der Waals surface area contributed by atoms with Gasteiger partial charge in [0.1, 0.15) is 0 Å². The van der Waals surface area contributed by atoms with Gasteiger partial charge in [-0.1, -0.05) is 30.3 Å². The number of carbonyl (C=O) groups excluding carboxylic acids is 2. The summed E-state index contributed by atoms with van der Waals surface area (Å²) in [7, 11) is 1.69. The third-order valence-electron chi connectivity index (χ3n) is 7.33. The summed E-state index contributed by atoms with van der Waals surface area (Å²) in [6.45, 7) is 2.82. The molecule has 4 aromatic rings. The van der Waals surface area contributed by atoms with Gasteiger partial charge < -0.3 is 24.4 Å². The molecule has 6 rings (SSSR count). The number of ether oxygens (including phenoxy) is 1. The van der Waals surface area contributed by atoms with Crippen LogP contribution in [0.4, 0.5) is 17.2 Å². The minimum absolute atomic E-state index is 0.0383. The Kier molecular flexibility index (Phi) is 6.88. The van der Waals surface area contributed by atoms with Crippen LogP contribution in [0, 0.1) is 0 Å². The number of hydrogen-bond acceptors (Lipinski definition) is 6. The fourth-order valence-corrected chi connectivity index (χ4v) is 5.22. The quantitative estimate of drug-likeness (QED) is 0.417. The molecule has 2 amide bonds. The Morgan fingerprint density at radius 2 is 1.57 bits per heavy atom. The number of aromatic nitrogens is 2. The van der Waals surface area contributed by atoms with Crippen molar-refractivity contribution in [2.75, 3.05) is 43.1 Å². The molecule has 1 fully saturated rings. The van der Waals surface area contributed by atoms with E-state index in [1.54, 1.807) is 47.3 Å². The van der Waals surface area contributed by atoms with Crippen LogP contribution in [-0.4, -0.2) is 59.1 Å². The molecule has 3 aromatic carbocycles. The van der Waals surface area contributed by atoms with Crippen LogP contribution in [-0.2, 0) is 18.2 Å². The number of hydrogen-bond donors (Lipinski definition) is 1. The Balaban J connectivity index is 1.26. The fraction of sp³-hybridized carbons (Fsp3) is 0.226. The lowest BCUT2D eigenvalue weighted by Gasteiger charge is -2.26. The average Bonchev–Trinajstić information content (AvgIpc) is 3.44. The molecule has 1 saturated heterocycles. The van der Waals surface area contributed by atoms with Gasteiger partial charge in [0.25, 0.3) is 17.4 Å². The lowest BCUT2D eigenvalue weighted by molar-refractivity contribution is 0.0303. The predicted molar refractivity (Wildman–Crippen MR) is 153 cm³/mol. The van der Waals surface area contributed by atoms with Gasteiger partial charge in [0.2, 0.25) is 0 Å². The van der Waals surface area contributed by atoms with Gasteiger partial charge in [-0.15, -0.1) is 0 Å². The van der Waals surface area contributed by atoms with Gasteiger partial charge in [-0.2, -0.15) is 0 Å². The Hall–Kier alpha value is -4.76. The molecule has 0 unspecified atom stereocenters. The molecular weight excluding hydrogens is 506 g/mol. The van der Waals surface area contributed by atoms with E-state index in [-0.39, 0.29) is 23.2 Å². The minimum atomic E-state index is -0.273. The molecule has 1 N–H and O–H groups in total. The third kappa shape index (κ3) is 4.87. The molecule has 0 atom stereocenters. The standard InChI is InChI=1S/C31H29N5O4/c1-34-20-26(24-8-5-9-27-25(24)14-15-36(27)30(38)21-6-3-2-4-7-21)33-28(31(34)39)32-23-12-10-22(11-13-23)29(37)35-16-18-40-19-17-35/h2-13,20H,14-19H2,1H3,(H,32,33). The minimum Gasteiger partial charge on any atom is -0.378 e. The molecule has 0 spiro atoms. The number of benzene rings is 3.